The van der Waals surface area contributed by atoms with Crippen LogP contribution in [0, 0.1) is 18.3 Å². The molecule has 0 N–H and O–H groups in total. The van der Waals surface area contributed by atoms with Crippen molar-refractivity contribution in [2.45, 2.75) is 31.2 Å². The third kappa shape index (κ3) is 4.74. The Bertz CT molecular complexity index is 1390. The van der Waals surface area contributed by atoms with Crippen LogP contribution in [0.3, 0.4) is 0 Å². The highest BCUT2D eigenvalue weighted by Gasteiger charge is 2.28. The smallest absolute Gasteiger partial charge is 0.279 e. The Labute approximate surface area is 197 Å². The van der Waals surface area contributed by atoms with Crippen LogP contribution in [-0.2, 0) is 16.6 Å². The molecule has 1 fully saturated rings. The monoisotopic (exact) mass is 483 g/mol. The van der Waals surface area contributed by atoms with Crippen molar-refractivity contribution in [1.29, 1.82) is 0 Å². The van der Waals surface area contributed by atoms with Gasteiger partial charge in [0.15, 0.2) is 4.80 Å². The van der Waals surface area contributed by atoms with Crippen LogP contribution < -0.4 is 9.54 Å². The number of hydrogen-bond acceptors (Lipinski definition) is 5. The minimum Gasteiger partial charge on any atom is -0.497 e. The van der Waals surface area contributed by atoms with E-state index in [0.29, 0.717) is 35.1 Å². The summed E-state index contributed by atoms with van der Waals surface area (Å²) in [5.74, 6) is 3.37. The van der Waals surface area contributed by atoms with Gasteiger partial charge < -0.3 is 9.30 Å². The molecule has 172 valence electrons. The molecule has 0 saturated carbocycles. The number of nitrogens with zero attached hydrogens (tertiary/aromatic N) is 3. The lowest BCUT2D eigenvalue weighted by Crippen LogP contribution is -2.37. The summed E-state index contributed by atoms with van der Waals surface area (Å²) < 4.78 is 35.3. The van der Waals surface area contributed by atoms with Crippen LogP contribution in [0.2, 0.25) is 0 Å². The Kier molecular flexibility index (Phi) is 6.70. The first-order valence-electron chi connectivity index (χ1n) is 10.6. The zero-order valence-electron chi connectivity index (χ0n) is 18.5. The van der Waals surface area contributed by atoms with Gasteiger partial charge in [0, 0.05) is 18.7 Å². The highest BCUT2D eigenvalue weighted by molar-refractivity contribution is 7.89. The number of methoxy groups -OCH3 is 1. The van der Waals surface area contributed by atoms with Gasteiger partial charge in [-0.2, -0.15) is 9.30 Å². The van der Waals surface area contributed by atoms with E-state index in [1.807, 2.05) is 18.2 Å². The molecule has 7 nitrogen and oxygen atoms in total. The lowest BCUT2D eigenvalue weighted by atomic mass is 10.0. The summed E-state index contributed by atoms with van der Waals surface area (Å²) in [6.07, 6.45) is 7.23. The predicted molar refractivity (Wildman–Crippen MR) is 129 cm³/mol. The van der Waals surface area contributed by atoms with Crippen LogP contribution in [0.25, 0.3) is 10.2 Å². The van der Waals surface area contributed by atoms with Gasteiger partial charge in [0.05, 0.1) is 28.8 Å². The van der Waals surface area contributed by atoms with Gasteiger partial charge in [0.1, 0.15) is 5.75 Å². The van der Waals surface area contributed by atoms with Crippen LogP contribution in [0.1, 0.15) is 30.1 Å². The van der Waals surface area contributed by atoms with E-state index in [1.165, 1.54) is 39.9 Å². The molecule has 33 heavy (non-hydrogen) atoms. The molecule has 2 aromatic carbocycles. The standard InChI is InChI=1S/C24H25N3O4S2/c1-4-13-27-21-10-7-19(31-3)16-22(21)32-24(27)25-23(28)18-5-8-20(9-6-18)33(29,30)26-14-11-17(2)12-15-26/h1,5-10,16-17H,11-15H2,2-3H3. The minimum absolute atomic E-state index is 0.185. The van der Waals surface area contributed by atoms with Crippen LogP contribution in [0.5, 0.6) is 5.75 Å². The Morgan fingerprint density at radius 2 is 1.91 bits per heavy atom. The molecule has 1 aromatic heterocycles. The summed E-state index contributed by atoms with van der Waals surface area (Å²) >= 11 is 1.34. The summed E-state index contributed by atoms with van der Waals surface area (Å²) in [6.45, 7) is 3.44. The zero-order chi connectivity index (χ0) is 23.6. The quantitative estimate of drug-likeness (QED) is 0.520. The van der Waals surface area contributed by atoms with Gasteiger partial charge >= 0.3 is 0 Å². The molecule has 9 heteroatoms. The topological polar surface area (TPSA) is 81.0 Å². The fourth-order valence-corrected chi connectivity index (χ4v) is 6.33. The Balaban J connectivity index is 1.63. The summed E-state index contributed by atoms with van der Waals surface area (Å²) in [5, 5.41) is 0. The molecule has 1 aliphatic rings. The molecule has 3 aromatic rings. The highest BCUT2D eigenvalue weighted by atomic mass is 32.2. The third-order valence-electron chi connectivity index (χ3n) is 5.82. The first kappa shape index (κ1) is 23.2. The molecular formula is C24H25N3O4S2. The number of piperidine rings is 1. The van der Waals surface area contributed by atoms with Crippen molar-refractivity contribution in [2.24, 2.45) is 10.9 Å². The fourth-order valence-electron chi connectivity index (χ4n) is 3.81. The molecule has 0 aliphatic carbocycles. The van der Waals surface area contributed by atoms with Crippen molar-refractivity contribution >= 4 is 37.5 Å². The maximum absolute atomic E-state index is 12.9. The second-order valence-electron chi connectivity index (χ2n) is 8.04. The Morgan fingerprint density at radius 1 is 1.21 bits per heavy atom. The van der Waals surface area contributed by atoms with E-state index in [1.54, 1.807) is 11.7 Å². The average Bonchev–Trinajstić information content (AvgIpc) is 3.15. The minimum atomic E-state index is -3.57. The van der Waals surface area contributed by atoms with E-state index >= 15 is 0 Å². The third-order valence-corrected chi connectivity index (χ3v) is 8.77. The van der Waals surface area contributed by atoms with Crippen molar-refractivity contribution in [2.75, 3.05) is 20.2 Å². The Hall–Kier alpha value is -2.93. The van der Waals surface area contributed by atoms with Crippen LogP contribution in [-0.4, -0.2) is 43.4 Å². The summed E-state index contributed by atoms with van der Waals surface area (Å²) in [7, 11) is -1.98. The number of carbonyl (C=O) groups excluding carboxylic acids is 1. The fraction of sp³-hybridized carbons (Fsp3) is 0.333. The van der Waals surface area contributed by atoms with Gasteiger partial charge in [0.25, 0.3) is 5.91 Å². The number of rotatable bonds is 5. The second kappa shape index (κ2) is 9.51. The second-order valence-corrected chi connectivity index (χ2v) is 11.0. The normalized spacial score (nSPS) is 16.1. The van der Waals surface area contributed by atoms with E-state index in [-0.39, 0.29) is 11.4 Å². The molecule has 2 heterocycles. The molecule has 0 spiro atoms. The summed E-state index contributed by atoms with van der Waals surface area (Å²) in [4.78, 5) is 17.8. The highest BCUT2D eigenvalue weighted by Crippen LogP contribution is 2.25. The SMILES string of the molecule is C#CCn1c(=NC(=O)c2ccc(S(=O)(=O)N3CCC(C)CC3)cc2)sc2cc(OC)ccc21. The number of carbonyl (C=O) groups is 1. The van der Waals surface area contributed by atoms with Gasteiger partial charge in [0.2, 0.25) is 10.0 Å². The Morgan fingerprint density at radius 3 is 2.55 bits per heavy atom. The molecule has 0 atom stereocenters. The van der Waals surface area contributed by atoms with Crippen molar-refractivity contribution in [1.82, 2.24) is 8.87 Å². The summed E-state index contributed by atoms with van der Waals surface area (Å²) in [6, 6.07) is 11.5. The van der Waals surface area contributed by atoms with E-state index in [4.69, 9.17) is 11.2 Å². The molecule has 0 radical (unpaired) electrons. The molecule has 1 aliphatic heterocycles. The molecule has 1 amide bonds. The number of aromatic nitrogens is 1. The number of thiazole rings is 1. The first-order chi connectivity index (χ1) is 15.8. The zero-order valence-corrected chi connectivity index (χ0v) is 20.2. The van der Waals surface area contributed by atoms with Gasteiger partial charge in [-0.25, -0.2) is 8.42 Å². The lowest BCUT2D eigenvalue weighted by molar-refractivity contribution is 0.0997. The van der Waals surface area contributed by atoms with E-state index in [2.05, 4.69) is 17.8 Å². The lowest BCUT2D eigenvalue weighted by Gasteiger charge is -2.29. The number of amides is 1. The number of benzene rings is 2. The number of hydrogen-bond donors (Lipinski definition) is 0. The number of ether oxygens (including phenoxy) is 1. The average molecular weight is 484 g/mol. The van der Waals surface area contributed by atoms with Crippen molar-refractivity contribution in [3.8, 4) is 18.1 Å². The van der Waals surface area contributed by atoms with Gasteiger partial charge in [-0.1, -0.05) is 24.2 Å². The van der Waals surface area contributed by atoms with Gasteiger partial charge in [-0.15, -0.1) is 6.42 Å². The van der Waals surface area contributed by atoms with Crippen molar-refractivity contribution < 1.29 is 17.9 Å². The van der Waals surface area contributed by atoms with Gasteiger partial charge in [-0.05, 0) is 61.2 Å². The van der Waals surface area contributed by atoms with Crippen LogP contribution in [0.15, 0.2) is 52.4 Å². The van der Waals surface area contributed by atoms with E-state index in [0.717, 1.165) is 23.1 Å². The molecule has 0 unspecified atom stereocenters. The van der Waals surface area contributed by atoms with Crippen LogP contribution >= 0.6 is 11.3 Å². The van der Waals surface area contributed by atoms with Crippen molar-refractivity contribution in [3.63, 3.8) is 0 Å². The van der Waals surface area contributed by atoms with Gasteiger partial charge in [-0.3, -0.25) is 4.79 Å². The van der Waals surface area contributed by atoms with Crippen molar-refractivity contribution in [3.05, 3.63) is 52.8 Å². The molecular weight excluding hydrogens is 458 g/mol. The summed E-state index contributed by atoms with van der Waals surface area (Å²) in [5.41, 5.74) is 1.17. The van der Waals surface area contributed by atoms with E-state index < -0.39 is 15.9 Å². The number of terminal acetylenes is 1. The maximum atomic E-state index is 12.9. The first-order valence-corrected chi connectivity index (χ1v) is 12.9. The number of fused-ring (bicyclic) bond motifs is 1. The largest absolute Gasteiger partial charge is 0.497 e. The maximum Gasteiger partial charge on any atom is 0.279 e. The predicted octanol–water partition coefficient (Wildman–Crippen LogP) is 3.51. The van der Waals surface area contributed by atoms with E-state index in [9.17, 15) is 13.2 Å². The number of sulfonamides is 1. The van der Waals surface area contributed by atoms with Crippen LogP contribution in [0.4, 0.5) is 0 Å². The molecule has 1 saturated heterocycles. The molecule has 4 rings (SSSR count). The molecule has 0 bridgehead atoms.